The molecule has 0 unspecified atom stereocenters. The van der Waals surface area contributed by atoms with Crippen LogP contribution in [0.5, 0.6) is 0 Å². The van der Waals surface area contributed by atoms with E-state index in [1.54, 1.807) is 32.6 Å². The predicted octanol–water partition coefficient (Wildman–Crippen LogP) is 4.00. The highest BCUT2D eigenvalue weighted by Crippen LogP contribution is 2.30. The van der Waals surface area contributed by atoms with Gasteiger partial charge in [0.15, 0.2) is 0 Å². The zero-order chi connectivity index (χ0) is 35.9. The van der Waals surface area contributed by atoms with Crippen LogP contribution in [0, 0.1) is 5.92 Å². The Morgan fingerprint density at radius 1 is 0.959 bits per heavy atom. The maximum atomic E-state index is 14.3. The van der Waals surface area contributed by atoms with Gasteiger partial charge in [-0.3, -0.25) is 19.3 Å². The van der Waals surface area contributed by atoms with Crippen molar-refractivity contribution in [1.82, 2.24) is 30.7 Å². The molecule has 0 spiro atoms. The highest BCUT2D eigenvalue weighted by atomic mass is 16.6. The zero-order valence-electron chi connectivity index (χ0n) is 29.8. The molecule has 12 nitrogen and oxygen atoms in total. The van der Waals surface area contributed by atoms with Crippen molar-refractivity contribution >= 4 is 29.8 Å². The van der Waals surface area contributed by atoms with Crippen LogP contribution in [0.4, 0.5) is 9.59 Å². The van der Waals surface area contributed by atoms with Crippen molar-refractivity contribution in [2.75, 3.05) is 26.7 Å². The van der Waals surface area contributed by atoms with Crippen LogP contribution in [-0.4, -0.2) is 95.0 Å². The van der Waals surface area contributed by atoms with E-state index in [0.717, 1.165) is 30.4 Å². The maximum Gasteiger partial charge on any atom is 0.410 e. The first-order valence-electron chi connectivity index (χ1n) is 17.2. The van der Waals surface area contributed by atoms with Crippen molar-refractivity contribution in [3.63, 3.8) is 0 Å². The second-order valence-electron chi connectivity index (χ2n) is 14.3. The van der Waals surface area contributed by atoms with E-state index < -0.39 is 41.6 Å². The molecular weight excluding hydrogens is 624 g/mol. The van der Waals surface area contributed by atoms with Crippen molar-refractivity contribution in [3.8, 4) is 0 Å². The summed E-state index contributed by atoms with van der Waals surface area (Å²) < 4.78 is 5.41. The summed E-state index contributed by atoms with van der Waals surface area (Å²) in [5.74, 6) is -1.65. The molecule has 1 aliphatic carbocycles. The Balaban J connectivity index is 1.53. The van der Waals surface area contributed by atoms with Crippen molar-refractivity contribution in [1.29, 1.82) is 0 Å². The number of carbonyl (C=O) groups excluding carboxylic acids is 5. The molecule has 266 valence electrons. The number of ether oxygens (including phenoxy) is 1. The Labute approximate surface area is 289 Å². The third-order valence-electron chi connectivity index (χ3n) is 9.10. The monoisotopic (exact) mass is 676 g/mol. The molecular formula is C37H52N6O6. The Bertz CT molecular complexity index is 1490. The summed E-state index contributed by atoms with van der Waals surface area (Å²) in [6, 6.07) is 14.1. The quantitative estimate of drug-likeness (QED) is 0.367. The van der Waals surface area contributed by atoms with E-state index in [1.165, 1.54) is 22.4 Å². The molecule has 0 aromatic heterocycles. The van der Waals surface area contributed by atoms with Crippen LogP contribution in [0.3, 0.4) is 0 Å². The van der Waals surface area contributed by atoms with Gasteiger partial charge in [-0.25, -0.2) is 9.59 Å². The lowest BCUT2D eigenvalue weighted by Gasteiger charge is -2.43. The smallest absolute Gasteiger partial charge is 0.410 e. The molecule has 1 fully saturated rings. The topological polar surface area (TPSA) is 140 Å². The number of urea groups is 1. The number of rotatable bonds is 9. The molecule has 2 aromatic rings. The van der Waals surface area contributed by atoms with Crippen LogP contribution in [-0.2, 0) is 32.1 Å². The fourth-order valence-corrected chi connectivity index (χ4v) is 6.15. The molecule has 6 amide bonds. The number of carbonyl (C=O) groups is 5. The Kier molecular flexibility index (Phi) is 12.3. The van der Waals surface area contributed by atoms with Gasteiger partial charge in [0, 0.05) is 26.7 Å². The van der Waals surface area contributed by atoms with Gasteiger partial charge in [-0.15, -0.1) is 0 Å². The largest absolute Gasteiger partial charge is 0.444 e. The lowest BCUT2D eigenvalue weighted by molar-refractivity contribution is -0.147. The summed E-state index contributed by atoms with van der Waals surface area (Å²) in [7, 11) is 1.47. The number of hydrogen-bond acceptors (Lipinski definition) is 6. The number of amides is 6. The SMILES string of the molecule is CC(C)[C@H](NC(=O)[C@H](C)N(C)C(=O)OC(C)(C)C)C(=O)N1CCN(C(=O)NCc2ccccc2)C[C@H]1C(=O)N[C@@H]1CCCc2ccccc21. The third-order valence-corrected chi connectivity index (χ3v) is 9.10. The number of fused-ring (bicyclic) bond motifs is 1. The van der Waals surface area contributed by atoms with E-state index in [9.17, 15) is 24.0 Å². The molecule has 0 radical (unpaired) electrons. The third kappa shape index (κ3) is 9.73. The van der Waals surface area contributed by atoms with Gasteiger partial charge in [0.25, 0.3) is 0 Å². The molecule has 1 aliphatic heterocycles. The van der Waals surface area contributed by atoms with Gasteiger partial charge in [-0.1, -0.05) is 68.4 Å². The summed E-state index contributed by atoms with van der Waals surface area (Å²) in [6.07, 6.45) is 1.95. The van der Waals surface area contributed by atoms with Crippen LogP contribution in [0.15, 0.2) is 54.6 Å². The first kappa shape index (κ1) is 37.2. The van der Waals surface area contributed by atoms with Gasteiger partial charge in [-0.05, 0) is 69.6 Å². The minimum absolute atomic E-state index is 0.0108. The lowest BCUT2D eigenvalue weighted by atomic mass is 9.87. The molecule has 2 aliphatic rings. The van der Waals surface area contributed by atoms with Crippen LogP contribution >= 0.6 is 0 Å². The summed E-state index contributed by atoms with van der Waals surface area (Å²) in [4.78, 5) is 72.0. The number of likely N-dealkylation sites (N-methyl/N-ethyl adjacent to an activating group) is 1. The zero-order valence-corrected chi connectivity index (χ0v) is 29.8. The number of benzene rings is 2. The fraction of sp³-hybridized carbons (Fsp3) is 0.541. The van der Waals surface area contributed by atoms with Crippen molar-refractivity contribution < 1.29 is 28.7 Å². The van der Waals surface area contributed by atoms with E-state index in [4.69, 9.17) is 4.74 Å². The van der Waals surface area contributed by atoms with Gasteiger partial charge in [-0.2, -0.15) is 0 Å². The minimum atomic E-state index is -0.988. The molecule has 49 heavy (non-hydrogen) atoms. The average molecular weight is 677 g/mol. The summed E-state index contributed by atoms with van der Waals surface area (Å²) in [6.45, 7) is 11.0. The van der Waals surface area contributed by atoms with Crippen LogP contribution in [0.2, 0.25) is 0 Å². The summed E-state index contributed by atoms with van der Waals surface area (Å²) >= 11 is 0. The van der Waals surface area contributed by atoms with Crippen LogP contribution < -0.4 is 16.0 Å². The van der Waals surface area contributed by atoms with Gasteiger partial charge < -0.3 is 30.5 Å². The lowest BCUT2D eigenvalue weighted by Crippen LogP contribution is -2.66. The van der Waals surface area contributed by atoms with E-state index in [2.05, 4.69) is 22.0 Å². The van der Waals surface area contributed by atoms with E-state index >= 15 is 0 Å². The minimum Gasteiger partial charge on any atom is -0.444 e. The Morgan fingerprint density at radius 2 is 1.63 bits per heavy atom. The van der Waals surface area contributed by atoms with Crippen molar-refractivity contribution in [2.45, 2.75) is 97.1 Å². The van der Waals surface area contributed by atoms with Crippen molar-refractivity contribution in [2.24, 2.45) is 5.92 Å². The average Bonchev–Trinajstić information content (AvgIpc) is 3.07. The van der Waals surface area contributed by atoms with Crippen molar-refractivity contribution in [3.05, 3.63) is 71.3 Å². The standard InChI is InChI=1S/C37H52N6O6/c1-24(2)31(40-32(44)25(3)41(7)36(48)49-37(4,5)6)34(46)43-21-20-42(35(47)38-22-26-14-9-8-10-15-26)23-30(43)33(45)39-29-19-13-17-27-16-11-12-18-28(27)29/h8-12,14-16,18,24-25,29-31H,13,17,19-23H2,1-7H3,(H,38,47)(H,39,45)(H,40,44)/t25-,29+,30-,31-/m0/s1. The van der Waals surface area contributed by atoms with Gasteiger partial charge >= 0.3 is 12.1 Å². The molecule has 12 heteroatoms. The molecule has 4 atom stereocenters. The fourth-order valence-electron chi connectivity index (χ4n) is 6.15. The molecule has 1 saturated heterocycles. The maximum absolute atomic E-state index is 14.3. The van der Waals surface area contributed by atoms with E-state index in [-0.39, 0.29) is 43.5 Å². The van der Waals surface area contributed by atoms with Gasteiger partial charge in [0.1, 0.15) is 23.7 Å². The van der Waals surface area contributed by atoms with Crippen LogP contribution in [0.1, 0.15) is 77.1 Å². The first-order valence-corrected chi connectivity index (χ1v) is 17.2. The molecule has 3 N–H and O–H groups in total. The number of nitrogens with one attached hydrogen (secondary N) is 3. The van der Waals surface area contributed by atoms with Gasteiger partial charge in [0.2, 0.25) is 17.7 Å². The number of aryl methyl sites for hydroxylation is 1. The first-order chi connectivity index (χ1) is 23.2. The highest BCUT2D eigenvalue weighted by molar-refractivity contribution is 5.94. The van der Waals surface area contributed by atoms with Gasteiger partial charge in [0.05, 0.1) is 12.6 Å². The molecule has 2 aromatic carbocycles. The Hall–Kier alpha value is -4.61. The predicted molar refractivity (Wildman–Crippen MR) is 186 cm³/mol. The van der Waals surface area contributed by atoms with Crippen LogP contribution in [0.25, 0.3) is 0 Å². The molecule has 4 rings (SSSR count). The highest BCUT2D eigenvalue weighted by Gasteiger charge is 2.42. The summed E-state index contributed by atoms with van der Waals surface area (Å²) in [5, 5.41) is 8.95. The number of nitrogens with zero attached hydrogens (tertiary/aromatic N) is 3. The molecule has 0 saturated carbocycles. The normalized spacial score (nSPS) is 18.9. The second kappa shape index (κ2) is 16.2. The second-order valence-corrected chi connectivity index (χ2v) is 14.3. The number of piperazine rings is 1. The summed E-state index contributed by atoms with van der Waals surface area (Å²) in [5.41, 5.74) is 2.44. The molecule has 0 bridgehead atoms. The number of hydrogen-bond donors (Lipinski definition) is 3. The van der Waals surface area contributed by atoms with E-state index in [1.807, 2.05) is 62.4 Å². The molecule has 1 heterocycles. The Morgan fingerprint density at radius 3 is 2.31 bits per heavy atom. The van der Waals surface area contributed by atoms with E-state index in [0.29, 0.717) is 6.54 Å².